The Kier molecular flexibility index (Phi) is 6.10. The number of rotatable bonds is 5. The quantitative estimate of drug-likeness (QED) is 0.905. The van der Waals surface area contributed by atoms with E-state index in [1.54, 1.807) is 7.11 Å². The smallest absolute Gasteiger partial charge is 0.317 e. The highest BCUT2D eigenvalue weighted by Gasteiger charge is 2.21. The van der Waals surface area contributed by atoms with Gasteiger partial charge in [-0.2, -0.15) is 0 Å². The predicted molar refractivity (Wildman–Crippen MR) is 89.3 cm³/mol. The lowest BCUT2D eigenvalue weighted by atomic mass is 10.0. The Morgan fingerprint density at radius 1 is 1.41 bits per heavy atom. The number of nitrogens with zero attached hydrogens (tertiary/aromatic N) is 1. The van der Waals surface area contributed by atoms with Crippen molar-refractivity contribution in [3.8, 4) is 5.75 Å². The molecule has 1 heterocycles. The van der Waals surface area contributed by atoms with Gasteiger partial charge in [0.15, 0.2) is 0 Å². The van der Waals surface area contributed by atoms with Gasteiger partial charge < -0.3 is 15.0 Å². The number of aryl methyl sites for hydroxylation is 1. The van der Waals surface area contributed by atoms with E-state index in [1.165, 1.54) is 12.0 Å². The average molecular weight is 304 g/mol. The molecule has 1 N–H and O–H groups in total. The normalized spacial score (nSPS) is 19.6. The van der Waals surface area contributed by atoms with Crippen molar-refractivity contribution in [1.29, 1.82) is 0 Å². The summed E-state index contributed by atoms with van der Waals surface area (Å²) in [5.41, 5.74) is 1.27. The number of urea groups is 1. The van der Waals surface area contributed by atoms with E-state index in [2.05, 4.69) is 31.3 Å². The van der Waals surface area contributed by atoms with Gasteiger partial charge >= 0.3 is 6.03 Å². The van der Waals surface area contributed by atoms with Gasteiger partial charge in [-0.05, 0) is 56.2 Å². The summed E-state index contributed by atoms with van der Waals surface area (Å²) in [4.78, 5) is 14.2. The number of hydrogen-bond acceptors (Lipinski definition) is 2. The fourth-order valence-electron chi connectivity index (χ4n) is 2.92. The first-order chi connectivity index (χ1) is 10.6. The molecule has 2 atom stereocenters. The monoisotopic (exact) mass is 304 g/mol. The Balaban J connectivity index is 1.74. The third kappa shape index (κ3) is 4.93. The Morgan fingerprint density at radius 2 is 2.14 bits per heavy atom. The van der Waals surface area contributed by atoms with E-state index < -0.39 is 0 Å². The van der Waals surface area contributed by atoms with Crippen LogP contribution in [0.1, 0.15) is 38.7 Å². The maximum absolute atomic E-state index is 12.2. The van der Waals surface area contributed by atoms with Crippen molar-refractivity contribution < 1.29 is 9.53 Å². The molecular formula is C18H28N2O2. The molecule has 0 bridgehead atoms. The van der Waals surface area contributed by atoms with Gasteiger partial charge in [0.2, 0.25) is 0 Å². The zero-order valence-electron chi connectivity index (χ0n) is 14.0. The second kappa shape index (κ2) is 8.06. The van der Waals surface area contributed by atoms with Crippen molar-refractivity contribution in [1.82, 2.24) is 10.2 Å². The fourth-order valence-corrected chi connectivity index (χ4v) is 2.92. The molecule has 22 heavy (non-hydrogen) atoms. The van der Waals surface area contributed by atoms with E-state index in [9.17, 15) is 4.79 Å². The van der Waals surface area contributed by atoms with E-state index in [0.29, 0.717) is 5.92 Å². The minimum Gasteiger partial charge on any atom is -0.497 e. The molecule has 0 aromatic heterocycles. The molecule has 1 aliphatic rings. The van der Waals surface area contributed by atoms with Crippen LogP contribution in [-0.4, -0.2) is 37.2 Å². The Bertz CT molecular complexity index is 472. The van der Waals surface area contributed by atoms with E-state index in [4.69, 9.17) is 4.74 Å². The van der Waals surface area contributed by atoms with Crippen molar-refractivity contribution in [2.24, 2.45) is 5.92 Å². The second-order valence-corrected chi connectivity index (χ2v) is 6.43. The van der Waals surface area contributed by atoms with E-state index in [-0.39, 0.29) is 12.1 Å². The van der Waals surface area contributed by atoms with Crippen LogP contribution in [0.2, 0.25) is 0 Å². The van der Waals surface area contributed by atoms with Gasteiger partial charge in [-0.25, -0.2) is 4.79 Å². The molecule has 1 saturated heterocycles. The molecule has 2 unspecified atom stereocenters. The maximum atomic E-state index is 12.2. The SMILES string of the molecule is COc1ccc(CCC(C)NC(=O)N2CCCC(C)C2)cc1. The van der Waals surface area contributed by atoms with E-state index >= 15 is 0 Å². The number of carbonyl (C=O) groups is 1. The summed E-state index contributed by atoms with van der Waals surface area (Å²) in [5.74, 6) is 1.50. The summed E-state index contributed by atoms with van der Waals surface area (Å²) in [6.45, 7) is 6.07. The number of benzene rings is 1. The molecular weight excluding hydrogens is 276 g/mol. The van der Waals surface area contributed by atoms with Crippen molar-refractivity contribution >= 4 is 6.03 Å². The first-order valence-corrected chi connectivity index (χ1v) is 8.27. The first kappa shape index (κ1) is 16.7. The van der Waals surface area contributed by atoms with Crippen LogP contribution < -0.4 is 10.1 Å². The molecule has 0 aliphatic carbocycles. The summed E-state index contributed by atoms with van der Waals surface area (Å²) in [5, 5.41) is 3.13. The third-order valence-electron chi connectivity index (χ3n) is 4.34. The lowest BCUT2D eigenvalue weighted by Crippen LogP contribution is -2.47. The number of ether oxygens (including phenoxy) is 1. The number of carbonyl (C=O) groups excluding carboxylic acids is 1. The van der Waals surface area contributed by atoms with Crippen LogP contribution in [0.25, 0.3) is 0 Å². The van der Waals surface area contributed by atoms with Gasteiger partial charge in [0.25, 0.3) is 0 Å². The second-order valence-electron chi connectivity index (χ2n) is 6.43. The average Bonchev–Trinajstić information content (AvgIpc) is 2.53. The number of likely N-dealkylation sites (tertiary alicyclic amines) is 1. The molecule has 1 aromatic rings. The molecule has 122 valence electrons. The minimum absolute atomic E-state index is 0.0915. The van der Waals surface area contributed by atoms with Gasteiger partial charge in [0, 0.05) is 19.1 Å². The highest BCUT2D eigenvalue weighted by molar-refractivity contribution is 5.74. The highest BCUT2D eigenvalue weighted by Crippen LogP contribution is 2.16. The lowest BCUT2D eigenvalue weighted by molar-refractivity contribution is 0.166. The van der Waals surface area contributed by atoms with Gasteiger partial charge in [0.05, 0.1) is 7.11 Å². The summed E-state index contributed by atoms with van der Waals surface area (Å²) < 4.78 is 5.16. The molecule has 2 amide bonds. The summed E-state index contributed by atoms with van der Waals surface area (Å²) in [6, 6.07) is 8.40. The van der Waals surface area contributed by atoms with Crippen molar-refractivity contribution in [2.75, 3.05) is 20.2 Å². The summed E-state index contributed by atoms with van der Waals surface area (Å²) in [7, 11) is 1.67. The van der Waals surface area contributed by atoms with Gasteiger partial charge in [-0.3, -0.25) is 0 Å². The van der Waals surface area contributed by atoms with Crippen LogP contribution in [0.4, 0.5) is 4.79 Å². The van der Waals surface area contributed by atoms with Gasteiger partial charge in [0.1, 0.15) is 5.75 Å². The topological polar surface area (TPSA) is 41.6 Å². The highest BCUT2D eigenvalue weighted by atomic mass is 16.5. The van der Waals surface area contributed by atoms with Crippen LogP contribution in [0.3, 0.4) is 0 Å². The van der Waals surface area contributed by atoms with Crippen LogP contribution in [0.5, 0.6) is 5.75 Å². The van der Waals surface area contributed by atoms with Crippen LogP contribution in [0.15, 0.2) is 24.3 Å². The Morgan fingerprint density at radius 3 is 2.77 bits per heavy atom. The molecule has 0 saturated carbocycles. The van der Waals surface area contributed by atoms with Crippen molar-refractivity contribution in [3.63, 3.8) is 0 Å². The van der Waals surface area contributed by atoms with E-state index in [0.717, 1.165) is 38.1 Å². The standard InChI is InChI=1S/C18H28N2O2/c1-14-5-4-12-20(13-14)18(21)19-15(2)6-7-16-8-10-17(22-3)11-9-16/h8-11,14-15H,4-7,12-13H2,1-3H3,(H,19,21). The molecule has 2 rings (SSSR count). The largest absolute Gasteiger partial charge is 0.497 e. The zero-order valence-corrected chi connectivity index (χ0v) is 14.0. The lowest BCUT2D eigenvalue weighted by Gasteiger charge is -2.32. The number of piperidine rings is 1. The van der Waals surface area contributed by atoms with Gasteiger partial charge in [-0.15, -0.1) is 0 Å². The summed E-state index contributed by atoms with van der Waals surface area (Å²) >= 11 is 0. The Labute approximate surface area is 133 Å². The Hall–Kier alpha value is -1.71. The molecule has 0 radical (unpaired) electrons. The number of amides is 2. The van der Waals surface area contributed by atoms with Gasteiger partial charge in [-0.1, -0.05) is 19.1 Å². The predicted octanol–water partition coefficient (Wildman–Crippen LogP) is 3.46. The number of hydrogen-bond donors (Lipinski definition) is 1. The van der Waals surface area contributed by atoms with E-state index in [1.807, 2.05) is 17.0 Å². The van der Waals surface area contributed by atoms with Crippen molar-refractivity contribution in [3.05, 3.63) is 29.8 Å². The molecule has 1 aliphatic heterocycles. The molecule has 1 aromatic carbocycles. The number of methoxy groups -OCH3 is 1. The van der Waals surface area contributed by atoms with Crippen LogP contribution in [-0.2, 0) is 6.42 Å². The van der Waals surface area contributed by atoms with Crippen LogP contribution in [0, 0.1) is 5.92 Å². The van der Waals surface area contributed by atoms with Crippen molar-refractivity contribution in [2.45, 2.75) is 45.6 Å². The number of nitrogens with one attached hydrogen (secondary N) is 1. The molecule has 1 fully saturated rings. The molecule has 0 spiro atoms. The fraction of sp³-hybridized carbons (Fsp3) is 0.611. The third-order valence-corrected chi connectivity index (χ3v) is 4.34. The zero-order chi connectivity index (χ0) is 15.9. The summed E-state index contributed by atoms with van der Waals surface area (Å²) in [6.07, 6.45) is 4.26. The van der Waals surface area contributed by atoms with Crippen LogP contribution >= 0.6 is 0 Å². The molecule has 4 nitrogen and oxygen atoms in total. The first-order valence-electron chi connectivity index (χ1n) is 8.27. The minimum atomic E-state index is 0.0915. The maximum Gasteiger partial charge on any atom is 0.317 e. The molecule has 4 heteroatoms.